The van der Waals surface area contributed by atoms with Gasteiger partial charge in [-0.05, 0) is 24.6 Å². The molecule has 1 amide bonds. The summed E-state index contributed by atoms with van der Waals surface area (Å²) in [7, 11) is 0. The lowest BCUT2D eigenvalue weighted by Gasteiger charge is -2.09. The van der Waals surface area contributed by atoms with E-state index in [1.54, 1.807) is 29.8 Å². The number of aromatic nitrogens is 1. The Morgan fingerprint density at radius 2 is 2.23 bits per heavy atom. The van der Waals surface area contributed by atoms with Crippen LogP contribution in [0.4, 0.5) is 10.8 Å². The van der Waals surface area contributed by atoms with E-state index in [9.17, 15) is 9.59 Å². The van der Waals surface area contributed by atoms with Crippen molar-refractivity contribution in [3.8, 4) is 5.75 Å². The van der Waals surface area contributed by atoms with Crippen LogP contribution in [0.15, 0.2) is 29.8 Å². The predicted octanol–water partition coefficient (Wildman–Crippen LogP) is 2.73. The van der Waals surface area contributed by atoms with Gasteiger partial charge in [-0.1, -0.05) is 6.92 Å². The van der Waals surface area contributed by atoms with Gasteiger partial charge in [0.15, 0.2) is 17.5 Å². The van der Waals surface area contributed by atoms with Crippen LogP contribution in [0.1, 0.15) is 30.1 Å². The first-order valence-electron chi connectivity index (χ1n) is 6.85. The number of hydrogen-bond acceptors (Lipinski definition) is 6. The van der Waals surface area contributed by atoms with Crippen molar-refractivity contribution in [2.75, 3.05) is 17.7 Å². The number of nitrogen functional groups attached to an aromatic ring is 1. The topological polar surface area (TPSA) is 94.3 Å². The zero-order valence-corrected chi connectivity index (χ0v) is 13.0. The number of nitrogens with two attached hydrogens (primary N) is 1. The summed E-state index contributed by atoms with van der Waals surface area (Å²) in [6.45, 7) is 1.77. The Kier molecular flexibility index (Phi) is 5.48. The molecule has 1 aromatic carbocycles. The lowest BCUT2D eigenvalue weighted by molar-refractivity contribution is -0.118. The summed E-state index contributed by atoms with van der Waals surface area (Å²) in [6, 6.07) is 4.84. The number of nitrogens with one attached hydrogen (secondary N) is 1. The van der Waals surface area contributed by atoms with Gasteiger partial charge in [0.2, 0.25) is 0 Å². The second kappa shape index (κ2) is 7.56. The van der Waals surface area contributed by atoms with Crippen molar-refractivity contribution in [1.82, 2.24) is 4.98 Å². The SMILES string of the molecule is CCCC(=O)c1ccc(OCC(=O)Nc2nccs2)c(N)c1. The van der Waals surface area contributed by atoms with E-state index in [4.69, 9.17) is 10.5 Å². The summed E-state index contributed by atoms with van der Waals surface area (Å²) < 4.78 is 5.37. The second-order valence-electron chi connectivity index (χ2n) is 4.60. The highest BCUT2D eigenvalue weighted by atomic mass is 32.1. The first-order valence-corrected chi connectivity index (χ1v) is 7.73. The number of nitrogens with zero attached hydrogens (tertiary/aromatic N) is 1. The van der Waals surface area contributed by atoms with Gasteiger partial charge in [-0.25, -0.2) is 4.98 Å². The predicted molar refractivity (Wildman–Crippen MR) is 86.3 cm³/mol. The lowest BCUT2D eigenvalue weighted by Crippen LogP contribution is -2.20. The minimum Gasteiger partial charge on any atom is -0.482 e. The standard InChI is InChI=1S/C15H17N3O3S/c1-2-3-12(19)10-4-5-13(11(16)8-10)21-9-14(20)18-15-17-6-7-22-15/h4-8H,2-3,9,16H2,1H3,(H,17,18,20). The fourth-order valence-electron chi connectivity index (χ4n) is 1.81. The van der Waals surface area contributed by atoms with E-state index < -0.39 is 0 Å². The van der Waals surface area contributed by atoms with E-state index in [2.05, 4.69) is 10.3 Å². The van der Waals surface area contributed by atoms with Crippen LogP contribution < -0.4 is 15.8 Å². The number of ether oxygens (including phenoxy) is 1. The molecule has 0 fully saturated rings. The number of carbonyl (C=O) groups is 2. The molecule has 0 saturated heterocycles. The molecule has 2 rings (SSSR count). The number of ketones is 1. The summed E-state index contributed by atoms with van der Waals surface area (Å²) in [4.78, 5) is 27.4. The van der Waals surface area contributed by atoms with E-state index in [0.29, 0.717) is 28.6 Å². The Bertz CT molecular complexity index is 656. The zero-order chi connectivity index (χ0) is 15.9. The maximum absolute atomic E-state index is 11.8. The lowest BCUT2D eigenvalue weighted by atomic mass is 10.1. The largest absolute Gasteiger partial charge is 0.482 e. The Labute approximate surface area is 132 Å². The van der Waals surface area contributed by atoms with Crippen LogP contribution in [0.3, 0.4) is 0 Å². The maximum atomic E-state index is 11.8. The Hall–Kier alpha value is -2.41. The van der Waals surface area contributed by atoms with Crippen molar-refractivity contribution >= 4 is 33.8 Å². The zero-order valence-electron chi connectivity index (χ0n) is 12.2. The molecule has 0 unspecified atom stereocenters. The summed E-state index contributed by atoms with van der Waals surface area (Å²) in [6.07, 6.45) is 2.87. The summed E-state index contributed by atoms with van der Waals surface area (Å²) >= 11 is 1.33. The van der Waals surface area contributed by atoms with Gasteiger partial charge in [0.1, 0.15) is 5.75 Å². The van der Waals surface area contributed by atoms with Gasteiger partial charge in [-0.3, -0.25) is 14.9 Å². The van der Waals surface area contributed by atoms with Crippen molar-refractivity contribution in [3.05, 3.63) is 35.3 Å². The van der Waals surface area contributed by atoms with E-state index >= 15 is 0 Å². The van der Waals surface area contributed by atoms with E-state index in [0.717, 1.165) is 6.42 Å². The molecule has 0 aliphatic carbocycles. The highest BCUT2D eigenvalue weighted by Gasteiger charge is 2.10. The van der Waals surface area contributed by atoms with Crippen molar-refractivity contribution in [3.63, 3.8) is 0 Å². The molecule has 7 heteroatoms. The first kappa shape index (κ1) is 16.0. The van der Waals surface area contributed by atoms with Crippen molar-refractivity contribution in [1.29, 1.82) is 0 Å². The first-order chi connectivity index (χ1) is 10.6. The molecule has 0 aliphatic rings. The van der Waals surface area contributed by atoms with Gasteiger partial charge in [-0.15, -0.1) is 11.3 Å². The number of benzene rings is 1. The Morgan fingerprint density at radius 1 is 1.41 bits per heavy atom. The van der Waals surface area contributed by atoms with Gasteiger partial charge in [0.05, 0.1) is 5.69 Å². The number of amides is 1. The van der Waals surface area contributed by atoms with Gasteiger partial charge in [-0.2, -0.15) is 0 Å². The smallest absolute Gasteiger partial charge is 0.264 e. The molecule has 1 aromatic heterocycles. The number of anilines is 2. The average Bonchev–Trinajstić information content (AvgIpc) is 2.99. The normalized spacial score (nSPS) is 10.2. The molecule has 0 atom stereocenters. The van der Waals surface area contributed by atoms with Crippen molar-refractivity contribution in [2.24, 2.45) is 0 Å². The molecule has 3 N–H and O–H groups in total. The van der Waals surface area contributed by atoms with Crippen LogP contribution in [0, 0.1) is 0 Å². The number of Topliss-reactive ketones (excluding diaryl/α,β-unsaturated/α-hetero) is 1. The highest BCUT2D eigenvalue weighted by molar-refractivity contribution is 7.13. The third-order valence-electron chi connectivity index (χ3n) is 2.85. The third-order valence-corrected chi connectivity index (χ3v) is 3.53. The molecular formula is C15H17N3O3S. The second-order valence-corrected chi connectivity index (χ2v) is 5.49. The summed E-state index contributed by atoms with van der Waals surface area (Å²) in [5.41, 5.74) is 6.75. The van der Waals surface area contributed by atoms with E-state index in [1.165, 1.54) is 11.3 Å². The molecule has 0 bridgehead atoms. The summed E-state index contributed by atoms with van der Waals surface area (Å²) in [5.74, 6) is 0.102. The quantitative estimate of drug-likeness (QED) is 0.604. The third kappa shape index (κ3) is 4.29. The number of hydrogen-bond donors (Lipinski definition) is 2. The Morgan fingerprint density at radius 3 is 2.86 bits per heavy atom. The molecule has 116 valence electrons. The maximum Gasteiger partial charge on any atom is 0.264 e. The van der Waals surface area contributed by atoms with Crippen molar-refractivity contribution < 1.29 is 14.3 Å². The molecule has 22 heavy (non-hydrogen) atoms. The van der Waals surface area contributed by atoms with Crippen LogP contribution in [0.25, 0.3) is 0 Å². The van der Waals surface area contributed by atoms with Gasteiger partial charge >= 0.3 is 0 Å². The average molecular weight is 319 g/mol. The monoisotopic (exact) mass is 319 g/mol. The molecule has 1 heterocycles. The molecule has 0 aliphatic heterocycles. The molecule has 0 radical (unpaired) electrons. The van der Waals surface area contributed by atoms with Gasteiger partial charge in [0, 0.05) is 23.6 Å². The van der Waals surface area contributed by atoms with Gasteiger partial charge < -0.3 is 10.5 Å². The van der Waals surface area contributed by atoms with Crippen LogP contribution in [-0.2, 0) is 4.79 Å². The van der Waals surface area contributed by atoms with Crippen LogP contribution in [-0.4, -0.2) is 23.3 Å². The van der Waals surface area contributed by atoms with E-state index in [-0.39, 0.29) is 18.3 Å². The summed E-state index contributed by atoms with van der Waals surface area (Å²) in [5, 5.41) is 4.89. The van der Waals surface area contributed by atoms with Crippen LogP contribution in [0.2, 0.25) is 0 Å². The molecule has 0 saturated carbocycles. The van der Waals surface area contributed by atoms with E-state index in [1.807, 2.05) is 6.92 Å². The minimum absolute atomic E-state index is 0.0438. The molecular weight excluding hydrogens is 302 g/mol. The Balaban J connectivity index is 1.92. The highest BCUT2D eigenvalue weighted by Crippen LogP contribution is 2.23. The van der Waals surface area contributed by atoms with Gasteiger partial charge in [0.25, 0.3) is 5.91 Å². The minimum atomic E-state index is -0.319. The molecule has 6 nitrogen and oxygen atoms in total. The van der Waals surface area contributed by atoms with Crippen molar-refractivity contribution in [2.45, 2.75) is 19.8 Å². The molecule has 2 aromatic rings. The fraction of sp³-hybridized carbons (Fsp3) is 0.267. The number of thiazole rings is 1. The fourth-order valence-corrected chi connectivity index (χ4v) is 2.35. The van der Waals surface area contributed by atoms with Crippen LogP contribution >= 0.6 is 11.3 Å². The number of carbonyl (C=O) groups excluding carboxylic acids is 2. The molecule has 0 spiro atoms. The number of rotatable bonds is 7. The van der Waals surface area contributed by atoms with Crippen LogP contribution in [0.5, 0.6) is 5.75 Å².